The molecule has 0 saturated carbocycles. The zero-order chi connectivity index (χ0) is 25.1. The van der Waals surface area contributed by atoms with Crippen LogP contribution in [0.4, 0.5) is 0 Å². The van der Waals surface area contributed by atoms with Crippen LogP contribution in [0.3, 0.4) is 0 Å². The van der Waals surface area contributed by atoms with Crippen LogP contribution >= 0.6 is 12.6 Å². The van der Waals surface area contributed by atoms with E-state index in [9.17, 15) is 24.0 Å². The fraction of sp³-hybridized carbons (Fsp3) is 0.579. The molecule has 5 unspecified atom stereocenters. The van der Waals surface area contributed by atoms with Crippen molar-refractivity contribution >= 4 is 42.3 Å². The lowest BCUT2D eigenvalue weighted by Crippen LogP contribution is -2.58. The summed E-state index contributed by atoms with van der Waals surface area (Å²) in [5.41, 5.74) is 6.48. The first-order valence-corrected chi connectivity index (χ1v) is 10.8. The molecule has 0 aromatic carbocycles. The van der Waals surface area contributed by atoms with Gasteiger partial charge in [-0.25, -0.2) is 9.78 Å². The molecule has 3 amide bonds. The van der Waals surface area contributed by atoms with E-state index in [1.165, 1.54) is 12.5 Å². The van der Waals surface area contributed by atoms with E-state index >= 15 is 0 Å². The topological polar surface area (TPSA) is 217 Å². The van der Waals surface area contributed by atoms with Gasteiger partial charge in [0, 0.05) is 24.1 Å². The van der Waals surface area contributed by atoms with Gasteiger partial charge in [0.2, 0.25) is 17.7 Å². The predicted octanol–water partition coefficient (Wildman–Crippen LogP) is -1.73. The minimum absolute atomic E-state index is 0.0163. The molecule has 0 fully saturated rings. The Morgan fingerprint density at radius 3 is 2.12 bits per heavy atom. The van der Waals surface area contributed by atoms with E-state index in [2.05, 4.69) is 38.5 Å². The van der Waals surface area contributed by atoms with Crippen molar-refractivity contribution in [3.05, 3.63) is 18.2 Å². The summed E-state index contributed by atoms with van der Waals surface area (Å²) < 4.78 is 0. The Bertz CT molecular complexity index is 835. The molecule has 0 aliphatic rings. The lowest BCUT2D eigenvalue weighted by atomic mass is 9.98. The lowest BCUT2D eigenvalue weighted by Gasteiger charge is -2.25. The van der Waals surface area contributed by atoms with Crippen LogP contribution in [0.15, 0.2) is 12.5 Å². The molecule has 1 heterocycles. The first-order chi connectivity index (χ1) is 15.5. The summed E-state index contributed by atoms with van der Waals surface area (Å²) in [6.45, 7) is 3.67. The van der Waals surface area contributed by atoms with E-state index in [0.29, 0.717) is 12.1 Å². The molecule has 8 N–H and O–H groups in total. The van der Waals surface area contributed by atoms with Gasteiger partial charge in [0.1, 0.15) is 18.1 Å². The number of carbonyl (C=O) groups excluding carboxylic acids is 3. The molecule has 14 heteroatoms. The third-order valence-electron chi connectivity index (χ3n) is 4.98. The van der Waals surface area contributed by atoms with Gasteiger partial charge in [-0.05, 0) is 5.92 Å². The molecular weight excluding hydrogens is 456 g/mol. The van der Waals surface area contributed by atoms with E-state index < -0.39 is 60.2 Å². The minimum atomic E-state index is -1.69. The number of carboxylic acids is 2. The van der Waals surface area contributed by atoms with Crippen LogP contribution in [0.1, 0.15) is 32.4 Å². The highest BCUT2D eigenvalue weighted by Crippen LogP contribution is 2.07. The summed E-state index contributed by atoms with van der Waals surface area (Å²) in [5.74, 6) is -5.55. The zero-order valence-electron chi connectivity index (χ0n) is 18.3. The average molecular weight is 487 g/mol. The Hall–Kier alpha value is -3.13. The fourth-order valence-electron chi connectivity index (χ4n) is 2.72. The second-order valence-corrected chi connectivity index (χ2v) is 7.86. The number of hydrogen-bond acceptors (Lipinski definition) is 8. The van der Waals surface area contributed by atoms with Gasteiger partial charge >= 0.3 is 11.9 Å². The number of aromatic nitrogens is 2. The van der Waals surface area contributed by atoms with Crippen LogP contribution < -0.4 is 21.7 Å². The Balaban J connectivity index is 2.95. The summed E-state index contributed by atoms with van der Waals surface area (Å²) >= 11 is 4.01. The first-order valence-electron chi connectivity index (χ1n) is 10.2. The monoisotopic (exact) mass is 486 g/mol. The van der Waals surface area contributed by atoms with Gasteiger partial charge in [-0.3, -0.25) is 19.2 Å². The van der Waals surface area contributed by atoms with E-state index in [1.54, 1.807) is 6.92 Å². The summed E-state index contributed by atoms with van der Waals surface area (Å²) in [5, 5.41) is 25.0. The molecule has 0 aliphatic heterocycles. The number of amides is 3. The molecule has 5 atom stereocenters. The third kappa shape index (κ3) is 9.10. The molecule has 0 aliphatic carbocycles. The van der Waals surface area contributed by atoms with Gasteiger partial charge in [-0.1, -0.05) is 20.3 Å². The van der Waals surface area contributed by atoms with Gasteiger partial charge in [-0.15, -0.1) is 0 Å². The molecule has 13 nitrogen and oxygen atoms in total. The maximum atomic E-state index is 12.9. The van der Waals surface area contributed by atoms with Crippen LogP contribution in [0, 0.1) is 5.92 Å². The second kappa shape index (κ2) is 13.4. The number of nitrogens with one attached hydrogen (secondary N) is 4. The van der Waals surface area contributed by atoms with Crippen LogP contribution in [-0.2, 0) is 30.4 Å². The largest absolute Gasteiger partial charge is 0.481 e. The van der Waals surface area contributed by atoms with Crippen LogP contribution in [0.2, 0.25) is 0 Å². The maximum absolute atomic E-state index is 12.9. The van der Waals surface area contributed by atoms with Gasteiger partial charge in [-0.2, -0.15) is 12.6 Å². The number of aliphatic carboxylic acids is 2. The quantitative estimate of drug-likeness (QED) is 0.140. The molecule has 0 saturated heterocycles. The summed E-state index contributed by atoms with van der Waals surface area (Å²) in [6.07, 6.45) is 2.68. The van der Waals surface area contributed by atoms with Gasteiger partial charge in [0.25, 0.3) is 0 Å². The molecule has 0 spiro atoms. The van der Waals surface area contributed by atoms with Crippen molar-refractivity contribution in [1.82, 2.24) is 25.9 Å². The van der Waals surface area contributed by atoms with Gasteiger partial charge in [0.15, 0.2) is 0 Å². The number of aromatic amines is 1. The van der Waals surface area contributed by atoms with Crippen molar-refractivity contribution in [2.75, 3.05) is 5.75 Å². The summed E-state index contributed by atoms with van der Waals surface area (Å²) in [7, 11) is 0. The summed E-state index contributed by atoms with van der Waals surface area (Å²) in [6, 6.07) is -4.97. The standard InChI is InChI=1S/C19H30N6O7S/c1-3-9(2)15(20)18(30)23-11(4-10-6-21-8-22-10)16(28)25-13(7-33)17(29)24-12(19(31)32)5-14(26)27/h6,8-9,11-13,15,33H,3-5,7,20H2,1-2H3,(H,21,22)(H,23,30)(H,24,29)(H,25,28)(H,26,27)(H,31,32). The average Bonchev–Trinajstić information content (AvgIpc) is 3.27. The van der Waals surface area contributed by atoms with Crippen molar-refractivity contribution in [3.63, 3.8) is 0 Å². The Kier molecular flexibility index (Phi) is 11.4. The smallest absolute Gasteiger partial charge is 0.326 e. The molecule has 1 rings (SSSR count). The molecule has 1 aromatic rings. The van der Waals surface area contributed by atoms with E-state index in [4.69, 9.17) is 15.9 Å². The van der Waals surface area contributed by atoms with E-state index in [0.717, 1.165) is 0 Å². The van der Waals surface area contributed by atoms with Gasteiger partial charge < -0.3 is 36.9 Å². The summed E-state index contributed by atoms with van der Waals surface area (Å²) in [4.78, 5) is 66.6. The van der Waals surface area contributed by atoms with Gasteiger partial charge in [0.05, 0.1) is 18.8 Å². The first kappa shape index (κ1) is 27.9. The van der Waals surface area contributed by atoms with E-state index in [-0.39, 0.29) is 18.1 Å². The van der Waals surface area contributed by atoms with Crippen molar-refractivity contribution in [3.8, 4) is 0 Å². The minimum Gasteiger partial charge on any atom is -0.481 e. The third-order valence-corrected chi connectivity index (χ3v) is 5.35. The second-order valence-electron chi connectivity index (χ2n) is 7.49. The van der Waals surface area contributed by atoms with Crippen molar-refractivity contribution in [2.24, 2.45) is 11.7 Å². The lowest BCUT2D eigenvalue weighted by molar-refractivity contribution is -0.147. The van der Waals surface area contributed by atoms with Crippen molar-refractivity contribution in [2.45, 2.75) is 57.3 Å². The highest BCUT2D eigenvalue weighted by Gasteiger charge is 2.31. The molecule has 33 heavy (non-hydrogen) atoms. The number of nitrogens with zero attached hydrogens (tertiary/aromatic N) is 1. The van der Waals surface area contributed by atoms with Crippen molar-refractivity contribution in [1.29, 1.82) is 0 Å². The molecular formula is C19H30N6O7S. The number of thiol groups is 1. The fourth-order valence-corrected chi connectivity index (χ4v) is 2.98. The highest BCUT2D eigenvalue weighted by atomic mass is 32.1. The molecule has 184 valence electrons. The predicted molar refractivity (Wildman–Crippen MR) is 119 cm³/mol. The number of carbonyl (C=O) groups is 5. The molecule has 0 bridgehead atoms. The Labute approximate surface area is 195 Å². The normalized spacial score (nSPS) is 15.4. The maximum Gasteiger partial charge on any atom is 0.326 e. The molecule has 1 aromatic heterocycles. The number of rotatable bonds is 14. The van der Waals surface area contributed by atoms with Crippen LogP contribution in [0.5, 0.6) is 0 Å². The number of imidazole rings is 1. The van der Waals surface area contributed by atoms with Crippen LogP contribution in [-0.4, -0.2) is 79.8 Å². The number of hydrogen-bond donors (Lipinski definition) is 8. The Morgan fingerprint density at radius 1 is 1.06 bits per heavy atom. The number of H-pyrrole nitrogens is 1. The SMILES string of the molecule is CCC(C)C(N)C(=O)NC(Cc1cnc[nH]1)C(=O)NC(CS)C(=O)NC(CC(=O)O)C(=O)O. The highest BCUT2D eigenvalue weighted by molar-refractivity contribution is 7.80. The van der Waals surface area contributed by atoms with Crippen LogP contribution in [0.25, 0.3) is 0 Å². The number of nitrogens with two attached hydrogens (primary N) is 1. The Morgan fingerprint density at radius 2 is 1.64 bits per heavy atom. The zero-order valence-corrected chi connectivity index (χ0v) is 19.2. The van der Waals surface area contributed by atoms with Crippen molar-refractivity contribution < 1.29 is 34.2 Å². The molecule has 0 radical (unpaired) electrons. The number of carboxylic acid groups (broad SMARTS) is 2. The van der Waals surface area contributed by atoms with E-state index in [1.807, 2.05) is 6.92 Å².